The van der Waals surface area contributed by atoms with Crippen molar-refractivity contribution in [1.82, 2.24) is 4.90 Å². The van der Waals surface area contributed by atoms with Crippen molar-refractivity contribution < 1.29 is 5.11 Å². The van der Waals surface area contributed by atoms with Crippen molar-refractivity contribution in [2.45, 2.75) is 38.8 Å². The van der Waals surface area contributed by atoms with Gasteiger partial charge in [-0.25, -0.2) is 0 Å². The molecular weight excluding hydrogens is 126 g/mol. The van der Waals surface area contributed by atoms with Gasteiger partial charge in [0.2, 0.25) is 0 Å². The lowest BCUT2D eigenvalue weighted by atomic mass is 10.1. The van der Waals surface area contributed by atoms with Gasteiger partial charge in [-0.15, -0.1) is 0 Å². The van der Waals surface area contributed by atoms with E-state index in [1.54, 1.807) is 0 Å². The molecule has 0 aliphatic heterocycles. The molecule has 10 heavy (non-hydrogen) atoms. The summed E-state index contributed by atoms with van der Waals surface area (Å²) in [6.45, 7) is 3.99. The first-order chi connectivity index (χ1) is 4.59. The third kappa shape index (κ3) is 3.18. The number of hydrogen-bond acceptors (Lipinski definition) is 2. The summed E-state index contributed by atoms with van der Waals surface area (Å²) in [5.41, 5.74) is 0. The molecule has 0 aliphatic carbocycles. The van der Waals surface area contributed by atoms with E-state index in [1.165, 1.54) is 0 Å². The Morgan fingerprint density at radius 3 is 2.00 bits per heavy atom. The van der Waals surface area contributed by atoms with Gasteiger partial charge in [0, 0.05) is 6.04 Å². The fourth-order valence-electron chi connectivity index (χ4n) is 1.23. The van der Waals surface area contributed by atoms with Crippen LogP contribution in [0.15, 0.2) is 0 Å². The number of hydrogen-bond donors (Lipinski definition) is 1. The smallest absolute Gasteiger partial charge is 0.0667 e. The number of likely N-dealkylation sites (N-methyl/N-ethyl adjacent to an activating group) is 1. The average molecular weight is 145 g/mol. The molecule has 2 atom stereocenters. The minimum Gasteiger partial charge on any atom is -0.392 e. The van der Waals surface area contributed by atoms with Crippen LogP contribution in [0, 0.1) is 0 Å². The fourth-order valence-corrected chi connectivity index (χ4v) is 1.23. The van der Waals surface area contributed by atoms with Crippen LogP contribution in [-0.2, 0) is 0 Å². The first-order valence-corrected chi connectivity index (χ1v) is 3.94. The van der Waals surface area contributed by atoms with Gasteiger partial charge < -0.3 is 10.0 Å². The van der Waals surface area contributed by atoms with Crippen molar-refractivity contribution in [3.8, 4) is 0 Å². The van der Waals surface area contributed by atoms with Gasteiger partial charge in [-0.05, 0) is 27.4 Å². The van der Waals surface area contributed by atoms with Crippen molar-refractivity contribution >= 4 is 0 Å². The quantitative estimate of drug-likeness (QED) is 0.640. The van der Waals surface area contributed by atoms with Crippen LogP contribution in [0.25, 0.3) is 0 Å². The summed E-state index contributed by atoms with van der Waals surface area (Å²) in [5, 5.41) is 9.27. The first-order valence-electron chi connectivity index (χ1n) is 3.94. The molecule has 0 aliphatic rings. The van der Waals surface area contributed by atoms with E-state index in [1.807, 2.05) is 21.0 Å². The van der Waals surface area contributed by atoms with Crippen LogP contribution in [0.2, 0.25) is 0 Å². The molecule has 0 heterocycles. The highest BCUT2D eigenvalue weighted by Crippen LogP contribution is 2.06. The lowest BCUT2D eigenvalue weighted by Crippen LogP contribution is -2.37. The van der Waals surface area contributed by atoms with Gasteiger partial charge in [0.1, 0.15) is 0 Å². The van der Waals surface area contributed by atoms with Crippen LogP contribution in [0.1, 0.15) is 26.7 Å². The zero-order valence-corrected chi connectivity index (χ0v) is 7.46. The van der Waals surface area contributed by atoms with E-state index < -0.39 is 0 Å². The Morgan fingerprint density at radius 1 is 1.40 bits per heavy atom. The molecule has 62 valence electrons. The third-order valence-electron chi connectivity index (χ3n) is 1.80. The van der Waals surface area contributed by atoms with Crippen molar-refractivity contribution in [3.05, 3.63) is 0 Å². The normalized spacial score (nSPS) is 17.4. The Morgan fingerprint density at radius 2 is 1.90 bits per heavy atom. The van der Waals surface area contributed by atoms with Gasteiger partial charge in [0.15, 0.2) is 0 Å². The third-order valence-corrected chi connectivity index (χ3v) is 1.80. The maximum Gasteiger partial charge on any atom is 0.0667 e. The Hall–Kier alpha value is -0.0800. The summed E-state index contributed by atoms with van der Waals surface area (Å²) < 4.78 is 0. The summed E-state index contributed by atoms with van der Waals surface area (Å²) in [6.07, 6.45) is 1.99. The van der Waals surface area contributed by atoms with E-state index >= 15 is 0 Å². The summed E-state index contributed by atoms with van der Waals surface area (Å²) in [6, 6.07) is 0.324. The number of aliphatic hydroxyl groups excluding tert-OH is 1. The van der Waals surface area contributed by atoms with Crippen LogP contribution in [0.5, 0.6) is 0 Å². The molecule has 0 spiro atoms. The minimum absolute atomic E-state index is 0.213. The van der Waals surface area contributed by atoms with E-state index in [2.05, 4.69) is 11.8 Å². The zero-order chi connectivity index (χ0) is 8.15. The van der Waals surface area contributed by atoms with Gasteiger partial charge in [0.25, 0.3) is 0 Å². The molecule has 2 nitrogen and oxygen atoms in total. The standard InChI is InChI=1S/C8H19NO/c1-5-6-8(7(2)10)9(3)4/h7-8,10H,5-6H2,1-4H3/t7-,8+/m1/s1. The molecule has 0 radical (unpaired) electrons. The van der Waals surface area contributed by atoms with Gasteiger partial charge >= 0.3 is 0 Å². The molecule has 0 aromatic carbocycles. The van der Waals surface area contributed by atoms with Gasteiger partial charge in [-0.1, -0.05) is 13.3 Å². The maximum atomic E-state index is 9.27. The second-order valence-corrected chi connectivity index (χ2v) is 3.06. The Labute approximate surface area is 63.8 Å². The second kappa shape index (κ2) is 4.69. The number of rotatable bonds is 4. The fraction of sp³-hybridized carbons (Fsp3) is 1.00. The summed E-state index contributed by atoms with van der Waals surface area (Å²) in [5.74, 6) is 0. The zero-order valence-electron chi connectivity index (χ0n) is 7.46. The number of aliphatic hydroxyl groups is 1. The molecule has 0 fully saturated rings. The van der Waals surface area contributed by atoms with E-state index in [0.717, 1.165) is 12.8 Å². The Kier molecular flexibility index (Phi) is 4.65. The summed E-state index contributed by atoms with van der Waals surface area (Å²) >= 11 is 0. The molecule has 0 aromatic rings. The van der Waals surface area contributed by atoms with Crippen molar-refractivity contribution in [1.29, 1.82) is 0 Å². The average Bonchev–Trinajstić information content (AvgIpc) is 1.81. The first kappa shape index (κ1) is 9.92. The van der Waals surface area contributed by atoms with Gasteiger partial charge in [0.05, 0.1) is 6.10 Å². The summed E-state index contributed by atoms with van der Waals surface area (Å²) in [4.78, 5) is 2.08. The van der Waals surface area contributed by atoms with Crippen molar-refractivity contribution in [2.75, 3.05) is 14.1 Å². The largest absolute Gasteiger partial charge is 0.392 e. The predicted molar refractivity (Wildman–Crippen MR) is 44.1 cm³/mol. The lowest BCUT2D eigenvalue weighted by Gasteiger charge is -2.26. The SMILES string of the molecule is CCC[C@@H]([C@@H](C)O)N(C)C. The maximum absolute atomic E-state index is 9.27. The molecule has 0 bridgehead atoms. The molecule has 1 N–H and O–H groups in total. The summed E-state index contributed by atoms with van der Waals surface area (Å²) in [7, 11) is 4.01. The van der Waals surface area contributed by atoms with Gasteiger partial charge in [-0.2, -0.15) is 0 Å². The molecule has 0 aromatic heterocycles. The Balaban J connectivity index is 3.73. The van der Waals surface area contributed by atoms with E-state index in [9.17, 15) is 5.11 Å². The van der Waals surface area contributed by atoms with Gasteiger partial charge in [-0.3, -0.25) is 0 Å². The van der Waals surface area contributed by atoms with Crippen LogP contribution in [0.3, 0.4) is 0 Å². The molecule has 0 saturated heterocycles. The van der Waals surface area contributed by atoms with Crippen molar-refractivity contribution in [3.63, 3.8) is 0 Å². The predicted octanol–water partition coefficient (Wildman–Crippen LogP) is 1.10. The van der Waals surface area contributed by atoms with Crippen molar-refractivity contribution in [2.24, 2.45) is 0 Å². The highest BCUT2D eigenvalue weighted by atomic mass is 16.3. The minimum atomic E-state index is -0.213. The lowest BCUT2D eigenvalue weighted by molar-refractivity contribution is 0.0847. The molecule has 0 rings (SSSR count). The highest BCUT2D eigenvalue weighted by Gasteiger charge is 2.14. The van der Waals surface area contributed by atoms with Crippen LogP contribution < -0.4 is 0 Å². The molecule has 0 amide bonds. The molecule has 2 heteroatoms. The van der Waals surface area contributed by atoms with Crippen LogP contribution in [0.4, 0.5) is 0 Å². The Bertz CT molecular complexity index is 73.3. The van der Waals surface area contributed by atoms with E-state index in [-0.39, 0.29) is 6.10 Å². The number of nitrogens with zero attached hydrogens (tertiary/aromatic N) is 1. The highest BCUT2D eigenvalue weighted by molar-refractivity contribution is 4.70. The van der Waals surface area contributed by atoms with E-state index in [0.29, 0.717) is 6.04 Å². The van der Waals surface area contributed by atoms with E-state index in [4.69, 9.17) is 0 Å². The topological polar surface area (TPSA) is 23.5 Å². The molecule has 0 saturated carbocycles. The molecule has 0 unspecified atom stereocenters. The van der Waals surface area contributed by atoms with Crippen LogP contribution in [-0.4, -0.2) is 36.2 Å². The molecular formula is C8H19NO. The second-order valence-electron chi connectivity index (χ2n) is 3.06. The van der Waals surface area contributed by atoms with Crippen LogP contribution >= 0.6 is 0 Å². The monoisotopic (exact) mass is 145 g/mol.